The fourth-order valence-corrected chi connectivity index (χ4v) is 4.13. The molecule has 0 saturated carbocycles. The van der Waals surface area contributed by atoms with Crippen molar-refractivity contribution < 1.29 is 24.2 Å². The van der Waals surface area contributed by atoms with Crippen molar-refractivity contribution in [3.63, 3.8) is 0 Å². The minimum atomic E-state index is -0.753. The number of primary amides is 1. The molecule has 1 unspecified atom stereocenters. The molecule has 1 aliphatic rings. The van der Waals surface area contributed by atoms with E-state index in [1.165, 1.54) is 12.7 Å². The summed E-state index contributed by atoms with van der Waals surface area (Å²) in [6.07, 6.45) is 2.33. The van der Waals surface area contributed by atoms with Crippen LogP contribution in [0.1, 0.15) is 35.2 Å². The van der Waals surface area contributed by atoms with Gasteiger partial charge in [-0.3, -0.25) is 14.4 Å². The predicted molar refractivity (Wildman–Crippen MR) is 139 cm³/mol. The Balaban J connectivity index is 0.000000202. The molecule has 0 spiro atoms. The molecule has 4 rings (SSSR count). The van der Waals surface area contributed by atoms with Crippen LogP contribution in [0.3, 0.4) is 0 Å². The molecule has 7 heteroatoms. The van der Waals surface area contributed by atoms with Crippen molar-refractivity contribution in [2.24, 2.45) is 11.7 Å². The molecule has 0 radical (unpaired) electrons. The molecule has 0 aromatic heterocycles. The fraction of sp³-hybridized carbons (Fsp3) is 0.276. The molecule has 1 aliphatic heterocycles. The highest BCUT2D eigenvalue weighted by Gasteiger charge is 2.28. The third-order valence-electron chi connectivity index (χ3n) is 6.14. The molecule has 0 bridgehead atoms. The molecule has 1 heterocycles. The number of rotatable bonds is 7. The van der Waals surface area contributed by atoms with Gasteiger partial charge < -0.3 is 20.5 Å². The zero-order chi connectivity index (χ0) is 25.9. The number of carbonyl (C=O) groups excluding carboxylic acids is 2. The Kier molecular flexibility index (Phi) is 9.63. The lowest BCUT2D eigenvalue weighted by Gasteiger charge is -2.31. The normalized spacial score (nSPS) is 14.8. The second-order valence-corrected chi connectivity index (χ2v) is 8.65. The Morgan fingerprint density at radius 3 is 2.22 bits per heavy atom. The van der Waals surface area contributed by atoms with Crippen LogP contribution < -0.4 is 10.5 Å². The number of carbonyl (C=O) groups is 3. The number of hydrogen-bond acceptors (Lipinski definition) is 4. The number of carboxylic acid groups (broad SMARTS) is 1. The number of hydrogen-bond donors (Lipinski definition) is 2. The Morgan fingerprint density at radius 2 is 1.58 bits per heavy atom. The fourth-order valence-electron chi connectivity index (χ4n) is 4.13. The first-order valence-electron chi connectivity index (χ1n) is 12.0. The monoisotopic (exact) mass is 488 g/mol. The van der Waals surface area contributed by atoms with Crippen LogP contribution in [0.15, 0.2) is 78.9 Å². The second-order valence-electron chi connectivity index (χ2n) is 8.65. The van der Waals surface area contributed by atoms with E-state index in [1.54, 1.807) is 23.1 Å². The van der Waals surface area contributed by atoms with E-state index in [1.807, 2.05) is 48.5 Å². The standard InChI is InChI=1S/C15H14O2.C14H18N2O3/c16-15(17)11-8-12-6-9-14(10-7-12)13-4-2-1-3-5-13;1-19-12-7-3-2-6-11(12)14(18)16-8-4-5-10(9-16)13(15)17/h1-7,9-10H,8,11H2,(H,16,17);2-3,6-7,10H,4-5,8-9H2,1H3,(H2,15,17). The van der Waals surface area contributed by atoms with Crippen molar-refractivity contribution in [1.29, 1.82) is 0 Å². The average Bonchev–Trinajstić information content (AvgIpc) is 2.92. The Labute approximate surface area is 211 Å². The summed E-state index contributed by atoms with van der Waals surface area (Å²) in [7, 11) is 1.54. The lowest BCUT2D eigenvalue weighted by molar-refractivity contribution is -0.137. The van der Waals surface area contributed by atoms with Crippen molar-refractivity contribution in [2.75, 3.05) is 20.2 Å². The number of aliphatic carboxylic acids is 1. The number of para-hydroxylation sites is 1. The third kappa shape index (κ3) is 7.43. The van der Waals surface area contributed by atoms with Gasteiger partial charge in [0.1, 0.15) is 5.75 Å². The maximum atomic E-state index is 12.4. The molecule has 188 valence electrons. The van der Waals surface area contributed by atoms with Gasteiger partial charge in [0.25, 0.3) is 5.91 Å². The third-order valence-corrected chi connectivity index (χ3v) is 6.14. The van der Waals surface area contributed by atoms with Gasteiger partial charge in [0.05, 0.1) is 18.6 Å². The first kappa shape index (κ1) is 26.5. The minimum Gasteiger partial charge on any atom is -0.496 e. The molecular weight excluding hydrogens is 456 g/mol. The lowest BCUT2D eigenvalue weighted by Crippen LogP contribution is -2.44. The van der Waals surface area contributed by atoms with E-state index in [0.717, 1.165) is 24.0 Å². The van der Waals surface area contributed by atoms with Gasteiger partial charge in [-0.1, -0.05) is 66.7 Å². The molecule has 2 amide bonds. The summed E-state index contributed by atoms with van der Waals surface area (Å²) in [5.41, 5.74) is 9.24. The molecule has 0 aliphatic carbocycles. The lowest BCUT2D eigenvalue weighted by atomic mass is 9.97. The van der Waals surface area contributed by atoms with Gasteiger partial charge in [0.2, 0.25) is 5.91 Å². The number of nitrogens with zero attached hydrogens (tertiary/aromatic N) is 1. The van der Waals surface area contributed by atoms with Crippen LogP contribution in [-0.2, 0) is 16.0 Å². The number of nitrogens with two attached hydrogens (primary N) is 1. The van der Waals surface area contributed by atoms with Gasteiger partial charge >= 0.3 is 5.97 Å². The predicted octanol–water partition coefficient (Wildman–Crippen LogP) is 4.40. The number of ether oxygens (including phenoxy) is 1. The first-order chi connectivity index (χ1) is 17.4. The number of carboxylic acids is 1. The maximum absolute atomic E-state index is 12.4. The van der Waals surface area contributed by atoms with Crippen molar-refractivity contribution in [3.8, 4) is 16.9 Å². The van der Waals surface area contributed by atoms with Crippen molar-refractivity contribution in [3.05, 3.63) is 90.0 Å². The zero-order valence-corrected chi connectivity index (χ0v) is 20.4. The zero-order valence-electron chi connectivity index (χ0n) is 20.4. The van der Waals surface area contributed by atoms with Crippen molar-refractivity contribution in [2.45, 2.75) is 25.7 Å². The summed E-state index contributed by atoms with van der Waals surface area (Å²) >= 11 is 0. The summed E-state index contributed by atoms with van der Waals surface area (Å²) in [6.45, 7) is 1.05. The molecule has 1 fully saturated rings. The van der Waals surface area contributed by atoms with E-state index in [2.05, 4.69) is 12.1 Å². The molecular formula is C29H32N2O5. The van der Waals surface area contributed by atoms with Crippen LogP contribution in [0.4, 0.5) is 0 Å². The second kappa shape index (κ2) is 13.1. The number of benzene rings is 3. The molecule has 1 atom stereocenters. The SMILES string of the molecule is COc1ccccc1C(=O)N1CCCC(C(N)=O)C1.O=C(O)CCc1ccc(-c2ccccc2)cc1. The topological polar surface area (TPSA) is 110 Å². The Morgan fingerprint density at radius 1 is 0.944 bits per heavy atom. The summed E-state index contributed by atoms with van der Waals surface area (Å²) in [5.74, 6) is -0.890. The minimum absolute atomic E-state index is 0.108. The summed E-state index contributed by atoms with van der Waals surface area (Å²) in [6, 6.07) is 25.3. The smallest absolute Gasteiger partial charge is 0.303 e. The van der Waals surface area contributed by atoms with Crippen LogP contribution in [0.2, 0.25) is 0 Å². The number of piperidine rings is 1. The number of methoxy groups -OCH3 is 1. The van der Waals surface area contributed by atoms with Crippen LogP contribution in [-0.4, -0.2) is 48.0 Å². The molecule has 1 saturated heterocycles. The summed E-state index contributed by atoms with van der Waals surface area (Å²) in [5, 5.41) is 8.61. The molecule has 7 nitrogen and oxygen atoms in total. The summed E-state index contributed by atoms with van der Waals surface area (Å²) < 4.78 is 5.19. The van der Waals surface area contributed by atoms with E-state index >= 15 is 0 Å². The van der Waals surface area contributed by atoms with Gasteiger partial charge in [-0.25, -0.2) is 0 Å². The first-order valence-corrected chi connectivity index (χ1v) is 12.0. The van der Waals surface area contributed by atoms with Gasteiger partial charge in [0.15, 0.2) is 0 Å². The highest BCUT2D eigenvalue weighted by Crippen LogP contribution is 2.23. The molecule has 3 aromatic carbocycles. The van der Waals surface area contributed by atoms with Gasteiger partial charge in [-0.05, 0) is 48.1 Å². The van der Waals surface area contributed by atoms with Gasteiger partial charge in [0, 0.05) is 19.5 Å². The van der Waals surface area contributed by atoms with E-state index in [-0.39, 0.29) is 24.2 Å². The Hall–Kier alpha value is -4.13. The van der Waals surface area contributed by atoms with Gasteiger partial charge in [-0.2, -0.15) is 0 Å². The molecule has 3 aromatic rings. The van der Waals surface area contributed by atoms with Crippen LogP contribution >= 0.6 is 0 Å². The number of likely N-dealkylation sites (tertiary alicyclic amines) is 1. The van der Waals surface area contributed by atoms with Crippen molar-refractivity contribution >= 4 is 17.8 Å². The largest absolute Gasteiger partial charge is 0.496 e. The van der Waals surface area contributed by atoms with Crippen LogP contribution in [0.5, 0.6) is 5.75 Å². The number of amides is 2. The van der Waals surface area contributed by atoms with Crippen molar-refractivity contribution in [1.82, 2.24) is 4.90 Å². The van der Waals surface area contributed by atoms with Gasteiger partial charge in [-0.15, -0.1) is 0 Å². The maximum Gasteiger partial charge on any atom is 0.303 e. The summed E-state index contributed by atoms with van der Waals surface area (Å²) in [4.78, 5) is 35.8. The van der Waals surface area contributed by atoms with E-state index in [0.29, 0.717) is 30.8 Å². The quantitative estimate of drug-likeness (QED) is 0.512. The highest BCUT2D eigenvalue weighted by molar-refractivity contribution is 5.97. The molecule has 36 heavy (non-hydrogen) atoms. The van der Waals surface area contributed by atoms with E-state index in [4.69, 9.17) is 15.6 Å². The Bertz CT molecular complexity index is 1160. The highest BCUT2D eigenvalue weighted by atomic mass is 16.5. The van der Waals surface area contributed by atoms with Crippen LogP contribution in [0, 0.1) is 5.92 Å². The number of aryl methyl sites for hydroxylation is 1. The van der Waals surface area contributed by atoms with Crippen LogP contribution in [0.25, 0.3) is 11.1 Å². The molecule has 3 N–H and O–H groups in total. The van der Waals surface area contributed by atoms with E-state index in [9.17, 15) is 14.4 Å². The average molecular weight is 489 g/mol. The van der Waals surface area contributed by atoms with E-state index < -0.39 is 5.97 Å².